The molecule has 20 heavy (non-hydrogen) atoms. The molecule has 1 saturated carbocycles. The number of carbonyl (C=O) groups is 1. The topological polar surface area (TPSA) is 92.5 Å². The van der Waals surface area contributed by atoms with Crippen molar-refractivity contribution in [1.82, 2.24) is 5.32 Å². The molecule has 1 aliphatic rings. The second kappa shape index (κ2) is 6.29. The van der Waals surface area contributed by atoms with Crippen molar-refractivity contribution in [1.29, 1.82) is 0 Å². The molecule has 6 heteroatoms. The summed E-state index contributed by atoms with van der Waals surface area (Å²) in [5.74, 6) is 0.159. The highest BCUT2D eigenvalue weighted by molar-refractivity contribution is 5.91. The predicted octanol–water partition coefficient (Wildman–Crippen LogP) is 1.50. The fourth-order valence-electron chi connectivity index (χ4n) is 2.05. The molecule has 1 amide bonds. The van der Waals surface area contributed by atoms with Gasteiger partial charge in [-0.1, -0.05) is 0 Å². The van der Waals surface area contributed by atoms with Gasteiger partial charge in [0, 0.05) is 24.8 Å². The zero-order valence-electron chi connectivity index (χ0n) is 10.9. The van der Waals surface area contributed by atoms with E-state index in [4.69, 9.17) is 5.11 Å². The second-order valence-corrected chi connectivity index (χ2v) is 4.92. The maximum absolute atomic E-state index is 11.5. The van der Waals surface area contributed by atoms with Crippen LogP contribution in [0.15, 0.2) is 30.3 Å². The molecule has 6 nitrogen and oxygen atoms in total. The number of benzene rings is 1. The summed E-state index contributed by atoms with van der Waals surface area (Å²) >= 11 is 0. The van der Waals surface area contributed by atoms with Gasteiger partial charge >= 0.3 is 0 Å². The van der Waals surface area contributed by atoms with Crippen LogP contribution in [-0.2, 0) is 4.79 Å². The van der Waals surface area contributed by atoms with Gasteiger partial charge in [0.2, 0.25) is 5.91 Å². The van der Waals surface area contributed by atoms with Gasteiger partial charge in [-0.2, -0.15) is 0 Å². The summed E-state index contributed by atoms with van der Waals surface area (Å²) in [6, 6.07) is 5.97. The third-order valence-corrected chi connectivity index (χ3v) is 3.31. The van der Waals surface area contributed by atoms with Crippen molar-refractivity contribution in [2.45, 2.75) is 18.9 Å². The number of aliphatic hydroxyl groups is 1. The summed E-state index contributed by atoms with van der Waals surface area (Å²) in [6.07, 6.45) is 4.27. The number of nitro benzene ring substituents is 1. The molecule has 0 aromatic heterocycles. The van der Waals surface area contributed by atoms with Crippen LogP contribution < -0.4 is 5.32 Å². The first kappa shape index (κ1) is 14.2. The number of nitrogens with zero attached hydrogens (tertiary/aromatic N) is 1. The largest absolute Gasteiger partial charge is 0.393 e. The highest BCUT2D eigenvalue weighted by atomic mass is 16.6. The van der Waals surface area contributed by atoms with Gasteiger partial charge < -0.3 is 10.4 Å². The van der Waals surface area contributed by atoms with E-state index in [2.05, 4.69) is 5.32 Å². The van der Waals surface area contributed by atoms with E-state index in [1.54, 1.807) is 18.2 Å². The standard InChI is InChI=1S/C14H16N2O4/c17-13-7-11(8-13)9-15-14(18)6-3-10-1-4-12(5-2-10)16(19)20/h1-6,11,13,17H,7-9H2,(H,15,18). The van der Waals surface area contributed by atoms with Crippen molar-refractivity contribution >= 4 is 17.7 Å². The Morgan fingerprint density at radius 3 is 2.60 bits per heavy atom. The maximum atomic E-state index is 11.5. The molecule has 2 rings (SSSR count). The number of amides is 1. The zero-order chi connectivity index (χ0) is 14.5. The van der Waals surface area contributed by atoms with E-state index >= 15 is 0 Å². The highest BCUT2D eigenvalue weighted by Crippen LogP contribution is 2.26. The third-order valence-electron chi connectivity index (χ3n) is 3.31. The van der Waals surface area contributed by atoms with Gasteiger partial charge in [0.25, 0.3) is 5.69 Å². The van der Waals surface area contributed by atoms with Crippen LogP contribution in [0.4, 0.5) is 5.69 Å². The van der Waals surface area contributed by atoms with E-state index in [1.165, 1.54) is 18.2 Å². The molecule has 0 saturated heterocycles. The number of nitrogens with one attached hydrogen (secondary N) is 1. The maximum Gasteiger partial charge on any atom is 0.269 e. The van der Waals surface area contributed by atoms with Gasteiger partial charge in [-0.05, 0) is 42.5 Å². The summed E-state index contributed by atoms with van der Waals surface area (Å²) in [6.45, 7) is 0.570. The molecule has 1 fully saturated rings. The third kappa shape index (κ3) is 3.89. The van der Waals surface area contributed by atoms with E-state index in [0.717, 1.165) is 18.4 Å². The smallest absolute Gasteiger partial charge is 0.269 e. The SMILES string of the molecule is O=C(C=Cc1ccc([N+](=O)[O-])cc1)NCC1CC(O)C1. The number of hydrogen-bond acceptors (Lipinski definition) is 4. The Hall–Kier alpha value is -2.21. The van der Waals surface area contributed by atoms with Crippen molar-refractivity contribution in [3.8, 4) is 0 Å². The fourth-order valence-corrected chi connectivity index (χ4v) is 2.05. The summed E-state index contributed by atoms with van der Waals surface area (Å²) in [7, 11) is 0. The number of rotatable bonds is 5. The molecule has 0 unspecified atom stereocenters. The number of nitro groups is 1. The Balaban J connectivity index is 1.79. The molecule has 0 bridgehead atoms. The van der Waals surface area contributed by atoms with Crippen molar-refractivity contribution in [3.05, 3.63) is 46.0 Å². The quantitative estimate of drug-likeness (QED) is 0.484. The molecular weight excluding hydrogens is 260 g/mol. The summed E-state index contributed by atoms with van der Waals surface area (Å²) in [4.78, 5) is 21.6. The zero-order valence-corrected chi connectivity index (χ0v) is 10.9. The Morgan fingerprint density at radius 1 is 1.40 bits per heavy atom. The van der Waals surface area contributed by atoms with E-state index in [1.807, 2.05) is 0 Å². The van der Waals surface area contributed by atoms with E-state index in [0.29, 0.717) is 12.5 Å². The molecule has 106 valence electrons. The Morgan fingerprint density at radius 2 is 2.05 bits per heavy atom. The molecule has 0 atom stereocenters. The molecule has 2 N–H and O–H groups in total. The Labute approximate surface area is 116 Å². The van der Waals surface area contributed by atoms with Gasteiger partial charge in [0.1, 0.15) is 0 Å². The first-order chi connectivity index (χ1) is 9.54. The molecule has 0 aliphatic heterocycles. The Bertz CT molecular complexity index is 518. The van der Waals surface area contributed by atoms with Crippen LogP contribution in [0.25, 0.3) is 6.08 Å². The lowest BCUT2D eigenvalue weighted by Crippen LogP contribution is -2.37. The highest BCUT2D eigenvalue weighted by Gasteiger charge is 2.26. The summed E-state index contributed by atoms with van der Waals surface area (Å²) < 4.78 is 0. The number of aliphatic hydroxyl groups excluding tert-OH is 1. The monoisotopic (exact) mass is 276 g/mol. The van der Waals surface area contributed by atoms with Crippen LogP contribution in [0.5, 0.6) is 0 Å². The minimum absolute atomic E-state index is 0.0233. The van der Waals surface area contributed by atoms with Gasteiger partial charge in [-0.25, -0.2) is 0 Å². The fraction of sp³-hybridized carbons (Fsp3) is 0.357. The lowest BCUT2D eigenvalue weighted by atomic mass is 9.82. The van der Waals surface area contributed by atoms with E-state index in [9.17, 15) is 14.9 Å². The van der Waals surface area contributed by atoms with Gasteiger partial charge in [-0.15, -0.1) is 0 Å². The van der Waals surface area contributed by atoms with Crippen LogP contribution in [-0.4, -0.2) is 28.6 Å². The van der Waals surface area contributed by atoms with Gasteiger partial charge in [0.15, 0.2) is 0 Å². The van der Waals surface area contributed by atoms with Crippen LogP contribution in [0.3, 0.4) is 0 Å². The van der Waals surface area contributed by atoms with E-state index < -0.39 is 4.92 Å². The molecule has 1 aliphatic carbocycles. The van der Waals surface area contributed by atoms with Crippen LogP contribution in [0.2, 0.25) is 0 Å². The van der Waals surface area contributed by atoms with Crippen molar-refractivity contribution < 1.29 is 14.8 Å². The van der Waals surface area contributed by atoms with Crippen molar-refractivity contribution in [2.75, 3.05) is 6.54 Å². The number of carbonyl (C=O) groups excluding carboxylic acids is 1. The molecular formula is C14H16N2O4. The van der Waals surface area contributed by atoms with Crippen LogP contribution in [0.1, 0.15) is 18.4 Å². The average Bonchev–Trinajstić information content (AvgIpc) is 2.40. The minimum Gasteiger partial charge on any atom is -0.393 e. The van der Waals surface area contributed by atoms with Gasteiger partial charge in [0.05, 0.1) is 11.0 Å². The first-order valence-electron chi connectivity index (χ1n) is 6.43. The minimum atomic E-state index is -0.465. The lowest BCUT2D eigenvalue weighted by Gasteiger charge is -2.31. The summed E-state index contributed by atoms with van der Waals surface area (Å²) in [5.41, 5.74) is 0.750. The predicted molar refractivity (Wildman–Crippen MR) is 73.9 cm³/mol. The van der Waals surface area contributed by atoms with Crippen molar-refractivity contribution in [2.24, 2.45) is 5.92 Å². The Kier molecular flexibility index (Phi) is 4.47. The average molecular weight is 276 g/mol. The van der Waals surface area contributed by atoms with Crippen LogP contribution in [0, 0.1) is 16.0 Å². The molecule has 1 aromatic carbocycles. The first-order valence-corrected chi connectivity index (χ1v) is 6.43. The molecule has 1 aromatic rings. The lowest BCUT2D eigenvalue weighted by molar-refractivity contribution is -0.384. The molecule has 0 spiro atoms. The molecule has 0 heterocycles. The number of hydrogen-bond donors (Lipinski definition) is 2. The van der Waals surface area contributed by atoms with Crippen LogP contribution >= 0.6 is 0 Å². The second-order valence-electron chi connectivity index (χ2n) is 4.92. The molecule has 0 radical (unpaired) electrons. The number of non-ortho nitro benzene ring substituents is 1. The van der Waals surface area contributed by atoms with E-state index in [-0.39, 0.29) is 17.7 Å². The normalized spacial score (nSPS) is 21.4. The van der Waals surface area contributed by atoms with Crippen molar-refractivity contribution in [3.63, 3.8) is 0 Å². The summed E-state index contributed by atoms with van der Waals surface area (Å²) in [5, 5.41) is 22.4. The van der Waals surface area contributed by atoms with Gasteiger partial charge in [-0.3, -0.25) is 14.9 Å².